The maximum Gasteiger partial charge on any atom is 0.323 e. The third-order valence-corrected chi connectivity index (χ3v) is 4.96. The van der Waals surface area contributed by atoms with Crippen molar-refractivity contribution in [1.29, 1.82) is 0 Å². The average molecular weight is 426 g/mol. The number of aromatic nitrogens is 2. The summed E-state index contributed by atoms with van der Waals surface area (Å²) in [6, 6.07) is 24.5. The number of hydrogen-bond donors (Lipinski definition) is 5. The number of aromatic amines is 1. The fourth-order valence-corrected chi connectivity index (χ4v) is 3.38. The van der Waals surface area contributed by atoms with Crippen molar-refractivity contribution < 1.29 is 9.59 Å². The van der Waals surface area contributed by atoms with Gasteiger partial charge in [0, 0.05) is 17.8 Å². The summed E-state index contributed by atoms with van der Waals surface area (Å²) in [7, 11) is 0. The monoisotopic (exact) mass is 426 g/mol. The van der Waals surface area contributed by atoms with Crippen LogP contribution in [0.15, 0.2) is 78.9 Å². The number of hydrogen-bond acceptors (Lipinski definition) is 4. The standard InChI is InChI=1S/C24H22N6O2/c25-22-21(23(26)31)20(29-30-22)14-15-6-10-18(11-7-15)27-24(32)28-19-12-8-17(9-13-19)16-4-2-1-3-5-16/h1-13H,14H2,(H2,26,31)(H3,25,29,30)(H2,27,28,32). The second kappa shape index (κ2) is 9.05. The third kappa shape index (κ3) is 4.76. The highest BCUT2D eigenvalue weighted by atomic mass is 16.2. The summed E-state index contributed by atoms with van der Waals surface area (Å²) in [6.07, 6.45) is 0.405. The maximum atomic E-state index is 12.3. The van der Waals surface area contributed by atoms with Crippen LogP contribution in [0.2, 0.25) is 0 Å². The van der Waals surface area contributed by atoms with Crippen LogP contribution in [0.4, 0.5) is 22.0 Å². The van der Waals surface area contributed by atoms with E-state index in [2.05, 4.69) is 20.8 Å². The van der Waals surface area contributed by atoms with Crippen molar-refractivity contribution in [2.45, 2.75) is 6.42 Å². The number of primary amides is 1. The Labute approximate surface area is 184 Å². The molecule has 0 radical (unpaired) electrons. The number of benzene rings is 3. The molecule has 1 aromatic heterocycles. The van der Waals surface area contributed by atoms with Crippen molar-refractivity contribution >= 4 is 29.1 Å². The summed E-state index contributed by atoms with van der Waals surface area (Å²) in [4.78, 5) is 23.9. The zero-order valence-electron chi connectivity index (χ0n) is 17.1. The molecule has 4 rings (SSSR count). The number of carbonyl (C=O) groups excluding carboxylic acids is 2. The number of anilines is 3. The van der Waals surface area contributed by atoms with E-state index in [4.69, 9.17) is 11.5 Å². The molecule has 1 heterocycles. The quantitative estimate of drug-likeness (QED) is 0.318. The normalized spacial score (nSPS) is 10.5. The topological polar surface area (TPSA) is 139 Å². The van der Waals surface area contributed by atoms with Crippen LogP contribution in [0.25, 0.3) is 11.1 Å². The van der Waals surface area contributed by atoms with Crippen molar-refractivity contribution in [3.63, 3.8) is 0 Å². The summed E-state index contributed by atoms with van der Waals surface area (Å²) in [5, 5.41) is 12.2. The van der Waals surface area contributed by atoms with Crippen molar-refractivity contribution in [3.05, 3.63) is 95.7 Å². The number of nitrogens with two attached hydrogens (primary N) is 2. The molecule has 0 aliphatic heterocycles. The van der Waals surface area contributed by atoms with E-state index in [0.717, 1.165) is 16.7 Å². The van der Waals surface area contributed by atoms with E-state index in [-0.39, 0.29) is 17.4 Å². The number of H-pyrrole nitrogens is 1. The highest BCUT2D eigenvalue weighted by molar-refractivity contribution is 6.00. The first-order chi connectivity index (χ1) is 15.5. The SMILES string of the molecule is NC(=O)c1c(N)n[nH]c1Cc1ccc(NC(=O)Nc2ccc(-c3ccccc3)cc2)cc1. The summed E-state index contributed by atoms with van der Waals surface area (Å²) >= 11 is 0. The molecule has 0 fully saturated rings. The van der Waals surface area contributed by atoms with Gasteiger partial charge in [0.05, 0.1) is 5.69 Å². The molecule has 8 heteroatoms. The Kier molecular flexibility index (Phi) is 5.85. The lowest BCUT2D eigenvalue weighted by Gasteiger charge is -2.09. The third-order valence-electron chi connectivity index (χ3n) is 4.96. The van der Waals surface area contributed by atoms with Crippen molar-refractivity contribution in [2.75, 3.05) is 16.4 Å². The molecule has 0 saturated carbocycles. The summed E-state index contributed by atoms with van der Waals surface area (Å²) in [5.74, 6) is -0.544. The van der Waals surface area contributed by atoms with Crippen molar-refractivity contribution in [2.24, 2.45) is 5.73 Å². The van der Waals surface area contributed by atoms with Crippen LogP contribution in [-0.2, 0) is 6.42 Å². The van der Waals surface area contributed by atoms with Gasteiger partial charge in [-0.15, -0.1) is 0 Å². The molecule has 0 unspecified atom stereocenters. The van der Waals surface area contributed by atoms with E-state index in [9.17, 15) is 9.59 Å². The molecule has 160 valence electrons. The molecule has 4 aromatic rings. The van der Waals surface area contributed by atoms with Crippen LogP contribution >= 0.6 is 0 Å². The van der Waals surface area contributed by atoms with Gasteiger partial charge in [-0.2, -0.15) is 5.10 Å². The predicted octanol–water partition coefficient (Wildman–Crippen LogP) is 3.99. The number of amides is 3. The average Bonchev–Trinajstić information content (AvgIpc) is 3.16. The molecule has 3 aromatic carbocycles. The van der Waals surface area contributed by atoms with E-state index in [1.54, 1.807) is 12.1 Å². The number of urea groups is 1. The first kappa shape index (κ1) is 20.7. The summed E-state index contributed by atoms with van der Waals surface area (Å²) < 4.78 is 0. The Bertz CT molecular complexity index is 1230. The van der Waals surface area contributed by atoms with Gasteiger partial charge in [-0.1, -0.05) is 54.6 Å². The molecule has 7 N–H and O–H groups in total. The van der Waals surface area contributed by atoms with E-state index < -0.39 is 5.91 Å². The number of carbonyl (C=O) groups is 2. The lowest BCUT2D eigenvalue weighted by Crippen LogP contribution is -2.19. The minimum Gasteiger partial charge on any atom is -0.382 e. The number of nitrogens with one attached hydrogen (secondary N) is 3. The van der Waals surface area contributed by atoms with Gasteiger partial charge < -0.3 is 22.1 Å². The van der Waals surface area contributed by atoms with Gasteiger partial charge >= 0.3 is 6.03 Å². The van der Waals surface area contributed by atoms with Gasteiger partial charge in [0.2, 0.25) is 0 Å². The van der Waals surface area contributed by atoms with E-state index in [1.807, 2.05) is 66.7 Å². The highest BCUT2D eigenvalue weighted by Crippen LogP contribution is 2.22. The van der Waals surface area contributed by atoms with Gasteiger partial charge in [0.25, 0.3) is 5.91 Å². The van der Waals surface area contributed by atoms with Gasteiger partial charge in [-0.05, 0) is 41.0 Å². The van der Waals surface area contributed by atoms with E-state index >= 15 is 0 Å². The van der Waals surface area contributed by atoms with Crippen LogP contribution in [0, 0.1) is 0 Å². The number of rotatable bonds is 6. The van der Waals surface area contributed by atoms with Gasteiger partial charge in [0.1, 0.15) is 5.56 Å². The first-order valence-corrected chi connectivity index (χ1v) is 9.94. The Balaban J connectivity index is 1.35. The number of nitrogens with zero attached hydrogens (tertiary/aromatic N) is 1. The molecule has 3 amide bonds. The fourth-order valence-electron chi connectivity index (χ4n) is 3.38. The molecule has 0 spiro atoms. The Morgan fingerprint density at radius 3 is 1.97 bits per heavy atom. The Hall–Kier alpha value is -4.59. The van der Waals surface area contributed by atoms with Gasteiger partial charge in [0.15, 0.2) is 5.82 Å². The summed E-state index contributed by atoms with van der Waals surface area (Å²) in [6.45, 7) is 0. The van der Waals surface area contributed by atoms with Gasteiger partial charge in [-0.3, -0.25) is 9.89 Å². The Morgan fingerprint density at radius 2 is 1.38 bits per heavy atom. The lowest BCUT2D eigenvalue weighted by atomic mass is 10.1. The van der Waals surface area contributed by atoms with E-state index in [0.29, 0.717) is 23.5 Å². The zero-order chi connectivity index (χ0) is 22.5. The van der Waals surface area contributed by atoms with Crippen LogP contribution in [-0.4, -0.2) is 22.1 Å². The van der Waals surface area contributed by atoms with Crippen molar-refractivity contribution in [1.82, 2.24) is 10.2 Å². The van der Waals surface area contributed by atoms with Crippen LogP contribution < -0.4 is 22.1 Å². The fraction of sp³-hybridized carbons (Fsp3) is 0.0417. The molecule has 0 aliphatic carbocycles. The minimum absolute atomic E-state index is 0.0826. The van der Waals surface area contributed by atoms with Crippen LogP contribution in [0.3, 0.4) is 0 Å². The first-order valence-electron chi connectivity index (χ1n) is 9.94. The highest BCUT2D eigenvalue weighted by Gasteiger charge is 2.16. The molecule has 0 saturated heterocycles. The molecule has 0 bridgehead atoms. The number of nitrogen functional groups attached to an aromatic ring is 1. The second-order valence-corrected chi connectivity index (χ2v) is 7.22. The van der Waals surface area contributed by atoms with Crippen LogP contribution in [0.1, 0.15) is 21.6 Å². The summed E-state index contributed by atoms with van der Waals surface area (Å²) in [5.41, 5.74) is 16.2. The molecule has 8 nitrogen and oxygen atoms in total. The molecular weight excluding hydrogens is 404 g/mol. The predicted molar refractivity (Wildman–Crippen MR) is 125 cm³/mol. The van der Waals surface area contributed by atoms with Crippen LogP contribution in [0.5, 0.6) is 0 Å². The largest absolute Gasteiger partial charge is 0.382 e. The second-order valence-electron chi connectivity index (χ2n) is 7.22. The maximum absolute atomic E-state index is 12.3. The zero-order valence-corrected chi connectivity index (χ0v) is 17.1. The molecule has 0 aliphatic rings. The van der Waals surface area contributed by atoms with Crippen molar-refractivity contribution in [3.8, 4) is 11.1 Å². The smallest absolute Gasteiger partial charge is 0.323 e. The lowest BCUT2D eigenvalue weighted by molar-refractivity contribution is 0.100. The van der Waals surface area contributed by atoms with E-state index in [1.165, 1.54) is 0 Å². The minimum atomic E-state index is -0.627. The molecule has 32 heavy (non-hydrogen) atoms. The molecular formula is C24H22N6O2. The molecule has 0 atom stereocenters. The van der Waals surface area contributed by atoms with Gasteiger partial charge in [-0.25, -0.2) is 4.79 Å². The Morgan fingerprint density at radius 1 is 0.812 bits per heavy atom.